The van der Waals surface area contributed by atoms with Crippen molar-refractivity contribution in [1.82, 2.24) is 14.9 Å². The molecule has 0 aliphatic heterocycles. The first-order valence-corrected chi connectivity index (χ1v) is 7.30. The minimum Gasteiger partial charge on any atom is -0.358 e. The van der Waals surface area contributed by atoms with E-state index in [0.29, 0.717) is 12.3 Å². The number of benzene rings is 1. The zero-order valence-electron chi connectivity index (χ0n) is 11.4. The number of thioether (sulfide) groups is 1. The quantitative estimate of drug-likeness (QED) is 0.656. The van der Waals surface area contributed by atoms with Gasteiger partial charge in [0.1, 0.15) is 0 Å². The second-order valence-corrected chi connectivity index (χ2v) is 5.10. The largest absolute Gasteiger partial charge is 0.358 e. The van der Waals surface area contributed by atoms with Crippen LogP contribution >= 0.6 is 11.8 Å². The Balaban J connectivity index is 2.28. The molecule has 20 heavy (non-hydrogen) atoms. The highest BCUT2D eigenvalue weighted by Crippen LogP contribution is 2.25. The smallest absolute Gasteiger partial charge is 0.230 e. The number of rotatable bonds is 6. The maximum absolute atomic E-state index is 11.3. The van der Waals surface area contributed by atoms with Crippen molar-refractivity contribution in [3.63, 3.8) is 0 Å². The molecular weight excluding hydrogens is 270 g/mol. The molecule has 1 aromatic carbocycles. The third-order valence-corrected chi connectivity index (χ3v) is 3.80. The number of nitrogens with one attached hydrogen (secondary N) is 1. The number of imidazole rings is 1. The van der Waals surface area contributed by atoms with E-state index >= 15 is 0 Å². The molecule has 1 N–H and O–H groups in total. The van der Waals surface area contributed by atoms with Gasteiger partial charge < -0.3 is 9.88 Å². The zero-order valence-corrected chi connectivity index (χ0v) is 12.2. The minimum atomic E-state index is -0.00980. The van der Waals surface area contributed by atoms with E-state index in [4.69, 9.17) is 0 Å². The van der Waals surface area contributed by atoms with Gasteiger partial charge in [-0.3, -0.25) is 4.79 Å². The van der Waals surface area contributed by atoms with Crippen molar-refractivity contribution in [2.24, 2.45) is 0 Å². The summed E-state index contributed by atoms with van der Waals surface area (Å²) in [5.41, 5.74) is 2.14. The molecule has 2 aromatic rings. The van der Waals surface area contributed by atoms with E-state index in [2.05, 4.69) is 21.4 Å². The summed E-state index contributed by atoms with van der Waals surface area (Å²) in [7, 11) is 1.63. The number of hydrogen-bond acceptors (Lipinski definition) is 3. The summed E-state index contributed by atoms with van der Waals surface area (Å²) < 4.78 is 2.07. The van der Waals surface area contributed by atoms with Gasteiger partial charge in [-0.2, -0.15) is 0 Å². The maximum atomic E-state index is 11.3. The lowest BCUT2D eigenvalue weighted by Gasteiger charge is -2.09. The highest BCUT2D eigenvalue weighted by molar-refractivity contribution is 7.99. The lowest BCUT2D eigenvalue weighted by Crippen LogP contribution is -2.20. The van der Waals surface area contributed by atoms with Crippen LogP contribution in [0.3, 0.4) is 0 Å². The third kappa shape index (κ3) is 3.30. The molecule has 0 aliphatic carbocycles. The Labute approximate surface area is 122 Å². The molecular formula is C15H17N3OS. The summed E-state index contributed by atoms with van der Waals surface area (Å²) >= 11 is 1.43. The van der Waals surface area contributed by atoms with Gasteiger partial charge in [-0.15, -0.1) is 6.58 Å². The molecule has 1 aromatic heterocycles. The lowest BCUT2D eigenvalue weighted by molar-refractivity contribution is -0.118. The molecule has 2 rings (SSSR count). The van der Waals surface area contributed by atoms with E-state index in [9.17, 15) is 4.79 Å². The monoisotopic (exact) mass is 287 g/mol. The SMILES string of the molecule is C=CCn1c(-c2ccccc2)cnc1SCC(=O)NC. The minimum absolute atomic E-state index is 0.00980. The molecule has 0 aliphatic rings. The number of amides is 1. The fourth-order valence-electron chi connectivity index (χ4n) is 1.82. The summed E-state index contributed by atoms with van der Waals surface area (Å²) in [6.45, 7) is 4.45. The average Bonchev–Trinajstić information content (AvgIpc) is 2.89. The Morgan fingerprint density at radius 1 is 1.45 bits per heavy atom. The second-order valence-electron chi connectivity index (χ2n) is 4.15. The molecule has 5 heteroatoms. The molecule has 0 spiro atoms. The third-order valence-electron chi connectivity index (χ3n) is 2.81. The van der Waals surface area contributed by atoms with Crippen molar-refractivity contribution in [2.75, 3.05) is 12.8 Å². The van der Waals surface area contributed by atoms with Gasteiger partial charge in [0.25, 0.3) is 0 Å². The number of hydrogen-bond donors (Lipinski definition) is 1. The summed E-state index contributed by atoms with van der Waals surface area (Å²) in [6.07, 6.45) is 3.67. The normalized spacial score (nSPS) is 10.2. The van der Waals surface area contributed by atoms with Crippen LogP contribution in [0.4, 0.5) is 0 Å². The number of nitrogens with zero attached hydrogens (tertiary/aromatic N) is 2. The van der Waals surface area contributed by atoms with Crippen LogP contribution in [0.5, 0.6) is 0 Å². The van der Waals surface area contributed by atoms with Crippen molar-refractivity contribution in [3.05, 3.63) is 49.2 Å². The van der Waals surface area contributed by atoms with Gasteiger partial charge in [-0.25, -0.2) is 4.98 Å². The molecule has 1 amide bonds. The van der Waals surface area contributed by atoms with E-state index in [0.717, 1.165) is 16.4 Å². The Morgan fingerprint density at radius 3 is 2.85 bits per heavy atom. The first-order valence-electron chi connectivity index (χ1n) is 6.31. The van der Waals surface area contributed by atoms with Crippen LogP contribution in [0.15, 0.2) is 54.3 Å². The van der Waals surface area contributed by atoms with Gasteiger partial charge in [-0.1, -0.05) is 48.2 Å². The van der Waals surface area contributed by atoms with Crippen LogP contribution in [-0.4, -0.2) is 28.3 Å². The summed E-state index contributed by atoms with van der Waals surface area (Å²) in [5.74, 6) is 0.350. The van der Waals surface area contributed by atoms with Gasteiger partial charge >= 0.3 is 0 Å². The summed E-state index contributed by atoms with van der Waals surface area (Å²) in [5, 5.41) is 3.43. The summed E-state index contributed by atoms with van der Waals surface area (Å²) in [6, 6.07) is 10.1. The highest BCUT2D eigenvalue weighted by atomic mass is 32.2. The van der Waals surface area contributed by atoms with E-state index in [1.54, 1.807) is 7.05 Å². The van der Waals surface area contributed by atoms with Crippen LogP contribution in [0.1, 0.15) is 0 Å². The van der Waals surface area contributed by atoms with Crippen LogP contribution in [-0.2, 0) is 11.3 Å². The van der Waals surface area contributed by atoms with E-state index in [1.807, 2.05) is 42.6 Å². The molecule has 0 bridgehead atoms. The first-order chi connectivity index (χ1) is 9.76. The molecule has 0 atom stereocenters. The standard InChI is InChI=1S/C15H17N3OS/c1-3-9-18-13(12-7-5-4-6-8-12)10-17-15(18)20-11-14(19)16-2/h3-8,10H,1,9,11H2,2H3,(H,16,19). The topological polar surface area (TPSA) is 46.9 Å². The van der Waals surface area contributed by atoms with Gasteiger partial charge in [-0.05, 0) is 5.56 Å². The second kappa shape index (κ2) is 6.96. The maximum Gasteiger partial charge on any atom is 0.230 e. The highest BCUT2D eigenvalue weighted by Gasteiger charge is 2.12. The van der Waals surface area contributed by atoms with Crippen LogP contribution in [0.2, 0.25) is 0 Å². The van der Waals surface area contributed by atoms with Crippen LogP contribution < -0.4 is 5.32 Å². The summed E-state index contributed by atoms with van der Waals surface area (Å²) in [4.78, 5) is 15.8. The van der Waals surface area contributed by atoms with E-state index in [-0.39, 0.29) is 5.91 Å². The van der Waals surface area contributed by atoms with Crippen molar-refractivity contribution >= 4 is 17.7 Å². The van der Waals surface area contributed by atoms with Gasteiger partial charge in [0.15, 0.2) is 5.16 Å². The molecule has 0 saturated carbocycles. The number of carbonyl (C=O) groups excluding carboxylic acids is 1. The molecule has 0 unspecified atom stereocenters. The molecule has 0 saturated heterocycles. The van der Waals surface area contributed by atoms with Gasteiger partial charge in [0, 0.05) is 13.6 Å². The Bertz CT molecular complexity index is 592. The van der Waals surface area contributed by atoms with Crippen LogP contribution in [0.25, 0.3) is 11.3 Å². The number of carbonyl (C=O) groups is 1. The first kappa shape index (κ1) is 14.4. The molecule has 0 radical (unpaired) electrons. The Morgan fingerprint density at radius 2 is 2.20 bits per heavy atom. The zero-order chi connectivity index (χ0) is 14.4. The number of allylic oxidation sites excluding steroid dienone is 1. The van der Waals surface area contributed by atoms with E-state index in [1.165, 1.54) is 11.8 Å². The van der Waals surface area contributed by atoms with Gasteiger partial charge in [0.05, 0.1) is 17.6 Å². The number of aromatic nitrogens is 2. The Hall–Kier alpha value is -2.01. The van der Waals surface area contributed by atoms with Gasteiger partial charge in [0.2, 0.25) is 5.91 Å². The Kier molecular flexibility index (Phi) is 5.01. The fraction of sp³-hybridized carbons (Fsp3) is 0.200. The lowest BCUT2D eigenvalue weighted by atomic mass is 10.2. The van der Waals surface area contributed by atoms with E-state index < -0.39 is 0 Å². The molecule has 0 fully saturated rings. The van der Waals surface area contributed by atoms with Crippen molar-refractivity contribution in [1.29, 1.82) is 0 Å². The average molecular weight is 287 g/mol. The predicted molar refractivity (Wildman–Crippen MR) is 82.7 cm³/mol. The van der Waals surface area contributed by atoms with Crippen molar-refractivity contribution in [3.8, 4) is 11.3 Å². The predicted octanol–water partition coefficient (Wildman–Crippen LogP) is 2.57. The molecule has 104 valence electrons. The fourth-order valence-corrected chi connectivity index (χ4v) is 2.68. The molecule has 1 heterocycles. The molecule has 4 nitrogen and oxygen atoms in total. The van der Waals surface area contributed by atoms with Crippen molar-refractivity contribution < 1.29 is 4.79 Å². The van der Waals surface area contributed by atoms with Crippen LogP contribution in [0, 0.1) is 0 Å². The van der Waals surface area contributed by atoms with Crippen molar-refractivity contribution in [2.45, 2.75) is 11.7 Å².